The smallest absolute Gasteiger partial charge is 0.247 e. The number of nitrogens with one attached hydrogen (secondary N) is 1. The van der Waals surface area contributed by atoms with E-state index in [1.54, 1.807) is 24.4 Å². The number of hydrogen-bond acceptors (Lipinski definition) is 6. The second-order valence-corrected chi connectivity index (χ2v) is 9.05. The third kappa shape index (κ3) is 2.76. The molecule has 1 aromatic carbocycles. The van der Waals surface area contributed by atoms with Crippen LogP contribution in [0.25, 0.3) is 0 Å². The standard InChI is InChI=1S/C13H13ClN4O4S2/c1-18-13(9-4-2-3-5-16-9)17-10-6-8(14)11(23(15,19)20)7-12(10)24(18,21)22/h2-7,13,17H,1H3,(H2,15,19,20). The minimum atomic E-state index is -4.16. The summed E-state index contributed by atoms with van der Waals surface area (Å²) in [5.74, 6) is 0. The molecule has 2 heterocycles. The van der Waals surface area contributed by atoms with Crippen molar-refractivity contribution in [3.05, 3.63) is 47.2 Å². The summed E-state index contributed by atoms with van der Waals surface area (Å²) in [6, 6.07) is 7.31. The molecule has 1 atom stereocenters. The molecule has 2 aromatic rings. The van der Waals surface area contributed by atoms with Gasteiger partial charge in [-0.25, -0.2) is 22.0 Å². The van der Waals surface area contributed by atoms with Crippen LogP contribution in [0.4, 0.5) is 5.69 Å². The van der Waals surface area contributed by atoms with Gasteiger partial charge in [0.1, 0.15) is 16.0 Å². The monoisotopic (exact) mass is 388 g/mol. The Morgan fingerprint density at radius 2 is 2.04 bits per heavy atom. The number of pyridine rings is 1. The van der Waals surface area contributed by atoms with Gasteiger partial charge in [0.15, 0.2) is 0 Å². The van der Waals surface area contributed by atoms with Crippen LogP contribution in [0, 0.1) is 0 Å². The first-order valence-electron chi connectivity index (χ1n) is 6.64. The second-order valence-electron chi connectivity index (χ2n) is 5.15. The quantitative estimate of drug-likeness (QED) is 0.794. The van der Waals surface area contributed by atoms with Gasteiger partial charge in [-0.2, -0.15) is 4.31 Å². The molecule has 0 aliphatic carbocycles. The van der Waals surface area contributed by atoms with E-state index >= 15 is 0 Å². The average molecular weight is 389 g/mol. The van der Waals surface area contributed by atoms with E-state index in [0.29, 0.717) is 5.69 Å². The largest absolute Gasteiger partial charge is 0.363 e. The molecule has 1 unspecified atom stereocenters. The number of nitrogens with two attached hydrogens (primary N) is 1. The Morgan fingerprint density at radius 3 is 2.62 bits per heavy atom. The fraction of sp³-hybridized carbons (Fsp3) is 0.154. The molecule has 8 nitrogen and oxygen atoms in total. The number of fused-ring (bicyclic) bond motifs is 1. The zero-order valence-electron chi connectivity index (χ0n) is 12.3. The number of sulfonamides is 2. The fourth-order valence-corrected chi connectivity index (χ4v) is 4.99. The van der Waals surface area contributed by atoms with Gasteiger partial charge in [0, 0.05) is 13.2 Å². The number of anilines is 1. The molecule has 128 valence electrons. The lowest BCUT2D eigenvalue weighted by Gasteiger charge is -2.34. The molecular weight excluding hydrogens is 376 g/mol. The highest BCUT2D eigenvalue weighted by Crippen LogP contribution is 2.40. The summed E-state index contributed by atoms with van der Waals surface area (Å²) in [6.07, 6.45) is 0.796. The van der Waals surface area contributed by atoms with Crippen molar-refractivity contribution in [3.63, 3.8) is 0 Å². The molecule has 0 saturated heterocycles. The predicted octanol–water partition coefficient (Wildman–Crippen LogP) is 1.13. The third-order valence-electron chi connectivity index (χ3n) is 3.62. The van der Waals surface area contributed by atoms with E-state index in [4.69, 9.17) is 16.7 Å². The maximum absolute atomic E-state index is 12.8. The first kappa shape index (κ1) is 17.1. The highest BCUT2D eigenvalue weighted by Gasteiger charge is 2.38. The Morgan fingerprint density at radius 1 is 1.33 bits per heavy atom. The minimum Gasteiger partial charge on any atom is -0.363 e. The van der Waals surface area contributed by atoms with Crippen LogP contribution in [0.5, 0.6) is 0 Å². The van der Waals surface area contributed by atoms with Gasteiger partial charge in [-0.05, 0) is 24.3 Å². The van der Waals surface area contributed by atoms with Crippen molar-refractivity contribution in [1.82, 2.24) is 9.29 Å². The Labute approximate surface area is 144 Å². The van der Waals surface area contributed by atoms with Gasteiger partial charge in [0.25, 0.3) is 0 Å². The van der Waals surface area contributed by atoms with Crippen LogP contribution in [0.2, 0.25) is 5.02 Å². The van der Waals surface area contributed by atoms with Crippen molar-refractivity contribution in [2.75, 3.05) is 12.4 Å². The number of primary sulfonamides is 1. The van der Waals surface area contributed by atoms with Gasteiger partial charge < -0.3 is 5.32 Å². The Bertz CT molecular complexity index is 1010. The number of benzene rings is 1. The Hall–Kier alpha value is -1.72. The molecule has 11 heteroatoms. The van der Waals surface area contributed by atoms with Crippen molar-refractivity contribution < 1.29 is 16.8 Å². The summed E-state index contributed by atoms with van der Waals surface area (Å²) >= 11 is 5.95. The lowest BCUT2D eigenvalue weighted by atomic mass is 10.2. The molecule has 0 spiro atoms. The molecule has 0 radical (unpaired) electrons. The summed E-state index contributed by atoms with van der Waals surface area (Å²) in [5, 5.41) is 7.92. The zero-order chi connectivity index (χ0) is 17.7. The average Bonchev–Trinajstić information content (AvgIpc) is 2.50. The first-order chi connectivity index (χ1) is 11.1. The van der Waals surface area contributed by atoms with Crippen molar-refractivity contribution in [3.8, 4) is 0 Å². The zero-order valence-corrected chi connectivity index (χ0v) is 14.7. The van der Waals surface area contributed by atoms with Crippen molar-refractivity contribution in [2.45, 2.75) is 16.0 Å². The highest BCUT2D eigenvalue weighted by atomic mass is 35.5. The lowest BCUT2D eigenvalue weighted by Crippen LogP contribution is -2.40. The highest BCUT2D eigenvalue weighted by molar-refractivity contribution is 7.90. The Kier molecular flexibility index (Phi) is 4.04. The maximum Gasteiger partial charge on any atom is 0.247 e. The predicted molar refractivity (Wildman–Crippen MR) is 88.4 cm³/mol. The van der Waals surface area contributed by atoms with Gasteiger partial charge in [-0.15, -0.1) is 0 Å². The van der Waals surface area contributed by atoms with Crippen LogP contribution >= 0.6 is 11.6 Å². The van der Waals surface area contributed by atoms with E-state index in [2.05, 4.69) is 10.3 Å². The number of rotatable bonds is 2. The van der Waals surface area contributed by atoms with Gasteiger partial charge in [0.05, 0.1) is 16.4 Å². The molecule has 1 aromatic heterocycles. The number of hydrogen-bond donors (Lipinski definition) is 2. The molecule has 0 fully saturated rings. The van der Waals surface area contributed by atoms with Gasteiger partial charge in [0.2, 0.25) is 20.0 Å². The van der Waals surface area contributed by atoms with E-state index in [9.17, 15) is 16.8 Å². The second kappa shape index (κ2) is 5.67. The third-order valence-corrected chi connectivity index (χ3v) is 6.86. The normalized spacial score (nSPS) is 20.2. The van der Waals surface area contributed by atoms with E-state index < -0.39 is 31.1 Å². The van der Waals surface area contributed by atoms with Crippen LogP contribution in [0.1, 0.15) is 11.9 Å². The first-order valence-corrected chi connectivity index (χ1v) is 10.0. The molecule has 1 aliphatic heterocycles. The summed E-state index contributed by atoms with van der Waals surface area (Å²) in [6.45, 7) is 0. The molecule has 0 amide bonds. The van der Waals surface area contributed by atoms with E-state index in [1.165, 1.54) is 13.1 Å². The van der Waals surface area contributed by atoms with Crippen molar-refractivity contribution in [2.24, 2.45) is 5.14 Å². The molecule has 0 saturated carbocycles. The molecule has 0 bridgehead atoms. The van der Waals surface area contributed by atoms with Crippen molar-refractivity contribution >= 4 is 37.3 Å². The summed E-state index contributed by atoms with van der Waals surface area (Å²) in [4.78, 5) is 3.49. The summed E-state index contributed by atoms with van der Waals surface area (Å²) in [7, 11) is -6.75. The maximum atomic E-state index is 12.8. The van der Waals surface area contributed by atoms with Crippen LogP contribution in [0.15, 0.2) is 46.3 Å². The van der Waals surface area contributed by atoms with E-state index in [-0.39, 0.29) is 15.6 Å². The molecule has 3 N–H and O–H groups in total. The van der Waals surface area contributed by atoms with Crippen molar-refractivity contribution in [1.29, 1.82) is 0 Å². The SMILES string of the molecule is CN1C(c2ccccn2)Nc2cc(Cl)c(S(N)(=O)=O)cc2S1(=O)=O. The topological polar surface area (TPSA) is 122 Å². The van der Waals surface area contributed by atoms with Crippen LogP contribution in [-0.4, -0.2) is 33.2 Å². The number of aromatic nitrogens is 1. The Balaban J connectivity index is 2.21. The number of nitrogens with zero attached hydrogens (tertiary/aromatic N) is 2. The van der Waals surface area contributed by atoms with Crippen LogP contribution in [0.3, 0.4) is 0 Å². The van der Waals surface area contributed by atoms with Crippen LogP contribution < -0.4 is 10.5 Å². The lowest BCUT2D eigenvalue weighted by molar-refractivity contribution is 0.391. The molecular formula is C13H13ClN4O4S2. The van der Waals surface area contributed by atoms with Gasteiger partial charge in [-0.1, -0.05) is 17.7 Å². The van der Waals surface area contributed by atoms with Crippen LogP contribution in [-0.2, 0) is 20.0 Å². The molecule has 1 aliphatic rings. The summed E-state index contributed by atoms with van der Waals surface area (Å²) in [5.41, 5.74) is 0.669. The van der Waals surface area contributed by atoms with E-state index in [0.717, 1.165) is 10.4 Å². The summed E-state index contributed by atoms with van der Waals surface area (Å²) < 4.78 is 49.7. The fourth-order valence-electron chi connectivity index (χ4n) is 2.41. The van der Waals surface area contributed by atoms with Gasteiger partial charge in [-0.3, -0.25) is 4.98 Å². The van der Waals surface area contributed by atoms with Gasteiger partial charge >= 0.3 is 0 Å². The molecule has 3 rings (SSSR count). The number of halogens is 1. The molecule has 24 heavy (non-hydrogen) atoms. The van der Waals surface area contributed by atoms with E-state index in [1.807, 2.05) is 0 Å². The minimum absolute atomic E-state index is 0.164.